The standard InChI is InChI=1S/C28H34Cl2N2O3/c29-23-7-4-8-24(30)25(23)26-22(27(35-32-26)17-9-10-17)15-34-20-12-16-11-18(14-20)21(13-16)28(33)31-19-5-2-1-3-6-19/h4,7-8,16-21H,1-3,5-6,9-15H2,(H,31,33). The first kappa shape index (κ1) is 23.8. The lowest BCUT2D eigenvalue weighted by Crippen LogP contribution is -2.41. The average molecular weight is 517 g/mol. The van der Waals surface area contributed by atoms with Gasteiger partial charge in [0.05, 0.1) is 22.8 Å². The molecule has 1 amide bonds. The number of nitrogens with one attached hydrogen (secondary N) is 1. The molecule has 1 aromatic carbocycles. The second kappa shape index (κ2) is 10.1. The van der Waals surface area contributed by atoms with Crippen LogP contribution in [0.15, 0.2) is 22.7 Å². The Morgan fingerprint density at radius 1 is 1.03 bits per heavy atom. The summed E-state index contributed by atoms with van der Waals surface area (Å²) in [6.07, 6.45) is 12.6. The topological polar surface area (TPSA) is 64.4 Å². The Hall–Kier alpha value is -1.56. The zero-order valence-electron chi connectivity index (χ0n) is 20.1. The lowest BCUT2D eigenvalue weighted by atomic mass is 9.84. The zero-order chi connectivity index (χ0) is 23.9. The van der Waals surface area contributed by atoms with Crippen molar-refractivity contribution in [3.05, 3.63) is 39.6 Å². The molecule has 1 heterocycles. The number of rotatable bonds is 7. The molecule has 188 valence electrons. The number of halogens is 2. The van der Waals surface area contributed by atoms with Crippen LogP contribution < -0.4 is 5.32 Å². The molecule has 4 atom stereocenters. The van der Waals surface area contributed by atoms with Crippen LogP contribution in [-0.4, -0.2) is 23.2 Å². The van der Waals surface area contributed by atoms with E-state index in [4.69, 9.17) is 32.5 Å². The molecule has 4 aliphatic rings. The number of fused-ring (bicyclic) bond motifs is 2. The van der Waals surface area contributed by atoms with Crippen molar-refractivity contribution in [1.29, 1.82) is 0 Å². The van der Waals surface area contributed by atoms with Crippen LogP contribution in [-0.2, 0) is 16.1 Å². The van der Waals surface area contributed by atoms with Gasteiger partial charge in [-0.15, -0.1) is 0 Å². The van der Waals surface area contributed by atoms with Crippen LogP contribution in [0.4, 0.5) is 0 Å². The van der Waals surface area contributed by atoms with Crippen LogP contribution in [0.25, 0.3) is 11.3 Å². The molecule has 35 heavy (non-hydrogen) atoms. The van der Waals surface area contributed by atoms with Crippen LogP contribution in [0.5, 0.6) is 0 Å². The maximum Gasteiger partial charge on any atom is 0.223 e. The van der Waals surface area contributed by atoms with Crippen molar-refractivity contribution in [2.24, 2.45) is 17.8 Å². The van der Waals surface area contributed by atoms with E-state index in [-0.39, 0.29) is 17.9 Å². The molecule has 4 unspecified atom stereocenters. The molecule has 0 saturated heterocycles. The molecule has 2 bridgehead atoms. The highest BCUT2D eigenvalue weighted by Gasteiger charge is 2.45. The van der Waals surface area contributed by atoms with E-state index in [2.05, 4.69) is 10.5 Å². The Morgan fingerprint density at radius 3 is 2.54 bits per heavy atom. The first-order valence-corrected chi connectivity index (χ1v) is 14.2. The monoisotopic (exact) mass is 516 g/mol. The zero-order valence-corrected chi connectivity index (χ0v) is 21.6. The van der Waals surface area contributed by atoms with Crippen molar-refractivity contribution in [3.63, 3.8) is 0 Å². The quantitative estimate of drug-likeness (QED) is 0.419. The fourth-order valence-electron chi connectivity index (χ4n) is 6.76. The van der Waals surface area contributed by atoms with Gasteiger partial charge in [-0.25, -0.2) is 0 Å². The predicted molar refractivity (Wildman–Crippen MR) is 136 cm³/mol. The Bertz CT molecular complexity index is 1060. The fourth-order valence-corrected chi connectivity index (χ4v) is 7.34. The number of hydrogen-bond donors (Lipinski definition) is 1. The summed E-state index contributed by atoms with van der Waals surface area (Å²) in [5.74, 6) is 2.75. The first-order chi connectivity index (χ1) is 17.1. The smallest absolute Gasteiger partial charge is 0.223 e. The summed E-state index contributed by atoms with van der Waals surface area (Å²) in [6, 6.07) is 5.88. The first-order valence-electron chi connectivity index (χ1n) is 13.4. The number of ether oxygens (including phenoxy) is 1. The van der Waals surface area contributed by atoms with Gasteiger partial charge < -0.3 is 14.6 Å². The second-order valence-electron chi connectivity index (χ2n) is 11.2. The summed E-state index contributed by atoms with van der Waals surface area (Å²) >= 11 is 13.0. The largest absolute Gasteiger partial charge is 0.373 e. The molecule has 0 aliphatic heterocycles. The van der Waals surface area contributed by atoms with E-state index >= 15 is 0 Å². The predicted octanol–water partition coefficient (Wildman–Crippen LogP) is 7.30. The number of benzene rings is 1. The highest BCUT2D eigenvalue weighted by molar-refractivity contribution is 6.39. The van der Waals surface area contributed by atoms with E-state index < -0.39 is 0 Å². The van der Waals surface area contributed by atoms with Gasteiger partial charge in [0, 0.05) is 29.0 Å². The molecular formula is C28H34Cl2N2O3. The van der Waals surface area contributed by atoms with Gasteiger partial charge in [0.25, 0.3) is 0 Å². The molecule has 0 radical (unpaired) electrons. The van der Waals surface area contributed by atoms with Crippen LogP contribution in [0.2, 0.25) is 10.0 Å². The van der Waals surface area contributed by atoms with Crippen LogP contribution in [0, 0.1) is 17.8 Å². The van der Waals surface area contributed by atoms with E-state index in [1.807, 2.05) is 18.2 Å². The number of carbonyl (C=O) groups is 1. The molecule has 4 saturated carbocycles. The van der Waals surface area contributed by atoms with E-state index in [1.165, 1.54) is 19.3 Å². The van der Waals surface area contributed by atoms with Crippen molar-refractivity contribution in [2.45, 2.75) is 95.3 Å². The summed E-state index contributed by atoms with van der Waals surface area (Å²) < 4.78 is 12.3. The minimum absolute atomic E-state index is 0.144. The van der Waals surface area contributed by atoms with Crippen LogP contribution in [0.1, 0.15) is 87.9 Å². The highest BCUT2D eigenvalue weighted by atomic mass is 35.5. The van der Waals surface area contributed by atoms with Gasteiger partial charge in [-0.1, -0.05) is 53.7 Å². The van der Waals surface area contributed by atoms with E-state index in [1.54, 1.807) is 0 Å². The Kier molecular flexibility index (Phi) is 6.85. The maximum atomic E-state index is 13.1. The van der Waals surface area contributed by atoms with Crippen molar-refractivity contribution >= 4 is 29.1 Å². The molecule has 4 aliphatic carbocycles. The number of amides is 1. The summed E-state index contributed by atoms with van der Waals surface area (Å²) in [6.45, 7) is 0.440. The van der Waals surface area contributed by atoms with Gasteiger partial charge in [-0.05, 0) is 75.3 Å². The highest BCUT2D eigenvalue weighted by Crippen LogP contribution is 2.49. The average Bonchev–Trinajstić information content (AvgIpc) is 3.54. The van der Waals surface area contributed by atoms with Gasteiger partial charge in [0.15, 0.2) is 0 Å². The SMILES string of the molecule is O=C(NC1CCCCC1)C1CC2CC(OCc3c(-c4c(Cl)cccc4Cl)noc3C3CC3)CC1C2. The van der Waals surface area contributed by atoms with E-state index in [0.29, 0.717) is 51.7 Å². The Balaban J connectivity index is 1.13. The lowest BCUT2D eigenvalue weighted by Gasteiger charge is -2.29. The summed E-state index contributed by atoms with van der Waals surface area (Å²) in [5.41, 5.74) is 2.39. The number of hydrogen-bond acceptors (Lipinski definition) is 4. The van der Waals surface area contributed by atoms with Gasteiger partial charge in [0.1, 0.15) is 11.5 Å². The minimum Gasteiger partial charge on any atom is -0.373 e. The van der Waals surface area contributed by atoms with Gasteiger partial charge >= 0.3 is 0 Å². The van der Waals surface area contributed by atoms with Crippen molar-refractivity contribution in [1.82, 2.24) is 10.5 Å². The summed E-state index contributed by atoms with van der Waals surface area (Å²) in [5, 5.41) is 8.90. The van der Waals surface area contributed by atoms with Gasteiger partial charge in [-0.2, -0.15) is 0 Å². The Labute approximate surface area is 217 Å². The van der Waals surface area contributed by atoms with Crippen LogP contribution >= 0.6 is 23.2 Å². The van der Waals surface area contributed by atoms with Gasteiger partial charge in [0.2, 0.25) is 5.91 Å². The summed E-state index contributed by atoms with van der Waals surface area (Å²) in [4.78, 5) is 13.1. The minimum atomic E-state index is 0.144. The number of nitrogens with zero attached hydrogens (tertiary/aromatic N) is 1. The van der Waals surface area contributed by atoms with E-state index in [9.17, 15) is 4.79 Å². The molecule has 7 heteroatoms. The number of aromatic nitrogens is 1. The molecule has 0 spiro atoms. The van der Waals surface area contributed by atoms with E-state index in [0.717, 1.165) is 62.7 Å². The molecule has 1 N–H and O–H groups in total. The molecule has 1 aromatic heterocycles. The molecular weight excluding hydrogens is 483 g/mol. The fraction of sp³-hybridized carbons (Fsp3) is 0.643. The molecule has 4 fully saturated rings. The lowest BCUT2D eigenvalue weighted by molar-refractivity contribution is -0.127. The van der Waals surface area contributed by atoms with Crippen molar-refractivity contribution in [3.8, 4) is 11.3 Å². The molecule has 5 nitrogen and oxygen atoms in total. The third-order valence-corrected chi connectivity index (χ3v) is 9.30. The number of carbonyl (C=O) groups excluding carboxylic acids is 1. The maximum absolute atomic E-state index is 13.1. The van der Waals surface area contributed by atoms with Crippen LogP contribution in [0.3, 0.4) is 0 Å². The molecule has 6 rings (SSSR count). The molecule has 2 aromatic rings. The normalized spacial score (nSPS) is 28.9. The second-order valence-corrected chi connectivity index (χ2v) is 12.0. The van der Waals surface area contributed by atoms with Crippen molar-refractivity contribution in [2.75, 3.05) is 0 Å². The third-order valence-electron chi connectivity index (χ3n) is 8.67. The Morgan fingerprint density at radius 2 is 1.80 bits per heavy atom. The summed E-state index contributed by atoms with van der Waals surface area (Å²) in [7, 11) is 0. The van der Waals surface area contributed by atoms with Crippen molar-refractivity contribution < 1.29 is 14.1 Å². The van der Waals surface area contributed by atoms with Gasteiger partial charge in [-0.3, -0.25) is 4.79 Å². The third kappa shape index (κ3) is 5.01.